The first-order chi connectivity index (χ1) is 12.2. The van der Waals surface area contributed by atoms with Crippen molar-refractivity contribution in [2.75, 3.05) is 44.3 Å². The van der Waals surface area contributed by atoms with Gasteiger partial charge in [-0.3, -0.25) is 4.79 Å². The number of urea groups is 1. The molecule has 1 aromatic rings. The lowest BCUT2D eigenvalue weighted by Crippen LogP contribution is -2.39. The van der Waals surface area contributed by atoms with Crippen molar-refractivity contribution >= 4 is 17.6 Å². The van der Waals surface area contributed by atoms with Gasteiger partial charge >= 0.3 is 6.03 Å². The molecule has 0 bridgehead atoms. The van der Waals surface area contributed by atoms with Crippen molar-refractivity contribution in [2.45, 2.75) is 26.3 Å². The molecule has 1 heterocycles. The Hall–Kier alpha value is -2.28. The van der Waals surface area contributed by atoms with Crippen LogP contribution in [0.5, 0.6) is 0 Å². The topological polar surface area (TPSA) is 82.7 Å². The van der Waals surface area contributed by atoms with Gasteiger partial charge in [0.2, 0.25) is 5.91 Å². The van der Waals surface area contributed by atoms with Crippen LogP contribution in [0.4, 0.5) is 10.5 Å². The van der Waals surface area contributed by atoms with Crippen molar-refractivity contribution in [3.8, 4) is 0 Å². The summed E-state index contributed by atoms with van der Waals surface area (Å²) in [4.78, 5) is 25.7. The van der Waals surface area contributed by atoms with E-state index in [1.165, 1.54) is 0 Å². The normalized spacial score (nSPS) is 14.0. The molecule has 0 saturated carbocycles. The van der Waals surface area contributed by atoms with Gasteiger partial charge in [0.1, 0.15) is 0 Å². The zero-order valence-electron chi connectivity index (χ0n) is 14.8. The Morgan fingerprint density at radius 3 is 2.60 bits per heavy atom. The van der Waals surface area contributed by atoms with E-state index in [2.05, 4.69) is 26.9 Å². The maximum Gasteiger partial charge on any atom is 0.315 e. The van der Waals surface area contributed by atoms with Crippen molar-refractivity contribution < 1.29 is 14.3 Å². The van der Waals surface area contributed by atoms with E-state index in [0.717, 1.165) is 44.0 Å². The van der Waals surface area contributed by atoms with Crippen LogP contribution in [0.2, 0.25) is 0 Å². The molecule has 0 aliphatic carbocycles. The number of benzene rings is 1. The highest BCUT2D eigenvalue weighted by Gasteiger charge is 2.14. The molecule has 138 valence electrons. The van der Waals surface area contributed by atoms with E-state index in [9.17, 15) is 9.59 Å². The molecule has 1 aliphatic heterocycles. The van der Waals surface area contributed by atoms with E-state index in [0.29, 0.717) is 19.6 Å². The molecule has 0 unspecified atom stereocenters. The average molecular weight is 348 g/mol. The monoisotopic (exact) mass is 348 g/mol. The van der Waals surface area contributed by atoms with Gasteiger partial charge in [-0.1, -0.05) is 25.1 Å². The molecular weight excluding hydrogens is 320 g/mol. The molecule has 2 rings (SSSR count). The third-order valence-electron chi connectivity index (χ3n) is 3.99. The Morgan fingerprint density at radius 1 is 1.08 bits per heavy atom. The Balaban J connectivity index is 1.75. The van der Waals surface area contributed by atoms with E-state index in [-0.39, 0.29) is 18.4 Å². The maximum atomic E-state index is 11.9. The predicted octanol–water partition coefficient (Wildman–Crippen LogP) is 1.24. The minimum Gasteiger partial charge on any atom is -0.378 e. The molecule has 3 amide bonds. The fourth-order valence-electron chi connectivity index (χ4n) is 2.65. The summed E-state index contributed by atoms with van der Waals surface area (Å²) in [6, 6.07) is 7.79. The minimum atomic E-state index is -0.264. The molecule has 1 fully saturated rings. The molecule has 25 heavy (non-hydrogen) atoms. The second kappa shape index (κ2) is 10.6. The number of para-hydroxylation sites is 1. The number of anilines is 1. The smallest absolute Gasteiger partial charge is 0.315 e. The van der Waals surface area contributed by atoms with E-state index < -0.39 is 0 Å². The van der Waals surface area contributed by atoms with Gasteiger partial charge in [0.05, 0.1) is 13.2 Å². The number of carbonyl (C=O) groups is 2. The van der Waals surface area contributed by atoms with Gasteiger partial charge in [-0.05, 0) is 18.1 Å². The van der Waals surface area contributed by atoms with Crippen molar-refractivity contribution in [2.24, 2.45) is 0 Å². The number of amides is 3. The molecule has 0 aromatic heterocycles. The summed E-state index contributed by atoms with van der Waals surface area (Å²) < 4.78 is 5.39. The fraction of sp³-hybridized carbons (Fsp3) is 0.556. The van der Waals surface area contributed by atoms with Crippen LogP contribution in [0.25, 0.3) is 0 Å². The third kappa shape index (κ3) is 6.62. The van der Waals surface area contributed by atoms with Crippen molar-refractivity contribution in [1.82, 2.24) is 16.0 Å². The molecule has 3 N–H and O–H groups in total. The number of hydrogen-bond acceptors (Lipinski definition) is 4. The summed E-state index contributed by atoms with van der Waals surface area (Å²) in [5, 5.41) is 8.35. The number of nitrogens with one attached hydrogen (secondary N) is 3. The summed E-state index contributed by atoms with van der Waals surface area (Å²) in [7, 11) is 0. The summed E-state index contributed by atoms with van der Waals surface area (Å²) in [5.74, 6) is -0.0418. The number of carbonyl (C=O) groups excluding carboxylic acids is 2. The Labute approximate surface area is 149 Å². The van der Waals surface area contributed by atoms with Crippen LogP contribution in [-0.4, -0.2) is 51.3 Å². The third-order valence-corrected chi connectivity index (χ3v) is 3.99. The van der Waals surface area contributed by atoms with Gasteiger partial charge in [-0.25, -0.2) is 4.79 Å². The van der Waals surface area contributed by atoms with Crippen molar-refractivity contribution in [3.63, 3.8) is 0 Å². The van der Waals surface area contributed by atoms with Crippen LogP contribution in [-0.2, 0) is 16.1 Å². The SMILES string of the molecule is CCCNC(=O)CCNC(=O)NCc1ccccc1N1CCOCC1. The van der Waals surface area contributed by atoms with Crippen LogP contribution < -0.4 is 20.9 Å². The fourth-order valence-corrected chi connectivity index (χ4v) is 2.65. The lowest BCUT2D eigenvalue weighted by atomic mass is 10.1. The van der Waals surface area contributed by atoms with Gasteiger partial charge in [0.25, 0.3) is 0 Å². The van der Waals surface area contributed by atoms with E-state index >= 15 is 0 Å². The number of ether oxygens (including phenoxy) is 1. The number of rotatable bonds is 8. The zero-order valence-corrected chi connectivity index (χ0v) is 14.8. The standard InChI is InChI=1S/C18H28N4O3/c1-2-8-19-17(23)7-9-20-18(24)21-14-15-5-3-4-6-16(15)22-10-12-25-13-11-22/h3-6H,2,7-14H2,1H3,(H,19,23)(H2,20,21,24). The van der Waals surface area contributed by atoms with Crippen LogP contribution in [0.1, 0.15) is 25.3 Å². The highest BCUT2D eigenvalue weighted by molar-refractivity contribution is 5.78. The molecule has 1 aliphatic rings. The predicted molar refractivity (Wildman–Crippen MR) is 97.6 cm³/mol. The highest BCUT2D eigenvalue weighted by Crippen LogP contribution is 2.21. The van der Waals surface area contributed by atoms with Gasteiger partial charge in [0, 0.05) is 44.8 Å². The largest absolute Gasteiger partial charge is 0.378 e. The van der Waals surface area contributed by atoms with Crippen molar-refractivity contribution in [3.05, 3.63) is 29.8 Å². The van der Waals surface area contributed by atoms with Crippen LogP contribution in [0.3, 0.4) is 0 Å². The Kier molecular flexibility index (Phi) is 8.04. The minimum absolute atomic E-state index is 0.0418. The first-order valence-corrected chi connectivity index (χ1v) is 8.89. The van der Waals surface area contributed by atoms with Crippen LogP contribution in [0.15, 0.2) is 24.3 Å². The molecule has 1 saturated heterocycles. The van der Waals surface area contributed by atoms with E-state index in [1.54, 1.807) is 0 Å². The molecule has 0 atom stereocenters. The van der Waals surface area contributed by atoms with Crippen LogP contribution in [0, 0.1) is 0 Å². The van der Waals surface area contributed by atoms with Crippen LogP contribution >= 0.6 is 0 Å². The second-order valence-corrected chi connectivity index (χ2v) is 5.94. The molecule has 7 heteroatoms. The number of hydrogen-bond donors (Lipinski definition) is 3. The van der Waals surface area contributed by atoms with Crippen molar-refractivity contribution in [1.29, 1.82) is 0 Å². The quantitative estimate of drug-likeness (QED) is 0.660. The first kappa shape index (κ1) is 19.1. The van der Waals surface area contributed by atoms with Gasteiger partial charge in [-0.15, -0.1) is 0 Å². The highest BCUT2D eigenvalue weighted by atomic mass is 16.5. The average Bonchev–Trinajstić information content (AvgIpc) is 2.65. The summed E-state index contributed by atoms with van der Waals surface area (Å²) in [5.41, 5.74) is 2.20. The zero-order chi connectivity index (χ0) is 17.9. The lowest BCUT2D eigenvalue weighted by molar-refractivity contribution is -0.120. The molecule has 0 radical (unpaired) electrons. The van der Waals surface area contributed by atoms with E-state index in [4.69, 9.17) is 4.74 Å². The second-order valence-electron chi connectivity index (χ2n) is 5.94. The number of morpholine rings is 1. The van der Waals surface area contributed by atoms with E-state index in [1.807, 2.05) is 25.1 Å². The number of nitrogens with zero attached hydrogens (tertiary/aromatic N) is 1. The first-order valence-electron chi connectivity index (χ1n) is 8.89. The summed E-state index contributed by atoms with van der Waals surface area (Å²) >= 11 is 0. The van der Waals surface area contributed by atoms with Gasteiger partial charge in [0.15, 0.2) is 0 Å². The molecule has 1 aromatic carbocycles. The Bertz CT molecular complexity index is 559. The molecule has 7 nitrogen and oxygen atoms in total. The van der Waals surface area contributed by atoms with Gasteiger partial charge in [-0.2, -0.15) is 0 Å². The molecule has 0 spiro atoms. The maximum absolute atomic E-state index is 11.9. The molecular formula is C18H28N4O3. The summed E-state index contributed by atoms with van der Waals surface area (Å²) in [6.45, 7) is 6.61. The lowest BCUT2D eigenvalue weighted by Gasteiger charge is -2.30. The van der Waals surface area contributed by atoms with Gasteiger partial charge < -0.3 is 25.6 Å². The Morgan fingerprint density at radius 2 is 1.84 bits per heavy atom. The summed E-state index contributed by atoms with van der Waals surface area (Å²) in [6.07, 6.45) is 1.19.